The van der Waals surface area contributed by atoms with E-state index in [2.05, 4.69) is 25.8 Å². The summed E-state index contributed by atoms with van der Waals surface area (Å²) in [6.45, 7) is 10.3. The van der Waals surface area contributed by atoms with Crippen LogP contribution in [0.15, 0.2) is 23.2 Å². The minimum absolute atomic E-state index is 0.0583. The highest BCUT2D eigenvalue weighted by Crippen LogP contribution is 2.22. The van der Waals surface area contributed by atoms with Gasteiger partial charge in [-0.2, -0.15) is 0 Å². The van der Waals surface area contributed by atoms with E-state index in [4.69, 9.17) is 16.3 Å². The number of guanidine groups is 1. The third kappa shape index (κ3) is 7.74. The lowest BCUT2D eigenvalue weighted by molar-refractivity contribution is -0.116. The normalized spacial score (nSPS) is 15.4. The Labute approximate surface area is 166 Å². The molecule has 1 aliphatic rings. The summed E-state index contributed by atoms with van der Waals surface area (Å²) in [5, 5.41) is 9.96. The Balaban J connectivity index is 1.73. The minimum atomic E-state index is -0.0583. The number of carbonyl (C=O) groups excluding carboxylic acids is 1. The summed E-state index contributed by atoms with van der Waals surface area (Å²) >= 11 is 6.08. The third-order valence-electron chi connectivity index (χ3n) is 4.32. The summed E-state index contributed by atoms with van der Waals surface area (Å²) < 4.78 is 5.35. The molecular formula is C19H30ClN5O2. The quantitative estimate of drug-likeness (QED) is 0.462. The molecule has 8 heteroatoms. The minimum Gasteiger partial charge on any atom is -0.379 e. The van der Waals surface area contributed by atoms with Crippen molar-refractivity contribution in [1.82, 2.24) is 15.5 Å². The molecule has 1 aromatic carbocycles. The Morgan fingerprint density at radius 1 is 1.30 bits per heavy atom. The van der Waals surface area contributed by atoms with E-state index in [1.807, 2.05) is 32.0 Å². The molecule has 1 heterocycles. The van der Waals surface area contributed by atoms with Crippen LogP contribution in [-0.4, -0.2) is 69.2 Å². The standard InChI is InChI=1S/C19H30ClN5O2/c1-3-21-19(23-9-10-25-11-13-27-14-12-25)22-8-7-18(26)24-17-6-4-5-16(20)15(17)2/h4-6H,3,7-14H2,1-2H3,(H,24,26)(H2,21,22,23). The molecule has 0 spiro atoms. The molecule has 27 heavy (non-hydrogen) atoms. The highest BCUT2D eigenvalue weighted by atomic mass is 35.5. The van der Waals surface area contributed by atoms with Crippen LogP contribution in [0.25, 0.3) is 0 Å². The first kappa shape index (κ1) is 21.5. The molecule has 1 saturated heterocycles. The molecule has 7 nitrogen and oxygen atoms in total. The zero-order chi connectivity index (χ0) is 19.5. The molecule has 1 amide bonds. The van der Waals surface area contributed by atoms with Crippen LogP contribution in [-0.2, 0) is 9.53 Å². The molecule has 2 rings (SSSR count). The van der Waals surface area contributed by atoms with Crippen LogP contribution in [0.3, 0.4) is 0 Å². The van der Waals surface area contributed by atoms with Crippen molar-refractivity contribution in [2.24, 2.45) is 4.99 Å². The SMILES string of the molecule is CCNC(=NCCN1CCOCC1)NCCC(=O)Nc1cccc(Cl)c1C. The van der Waals surface area contributed by atoms with E-state index in [1.54, 1.807) is 0 Å². The van der Waals surface area contributed by atoms with Gasteiger partial charge in [0.15, 0.2) is 5.96 Å². The van der Waals surface area contributed by atoms with E-state index in [0.29, 0.717) is 24.5 Å². The maximum atomic E-state index is 12.2. The van der Waals surface area contributed by atoms with Crippen molar-refractivity contribution < 1.29 is 9.53 Å². The molecular weight excluding hydrogens is 366 g/mol. The topological polar surface area (TPSA) is 78.0 Å². The highest BCUT2D eigenvalue weighted by molar-refractivity contribution is 6.31. The Kier molecular flexibility index (Phi) is 9.38. The molecule has 0 radical (unpaired) electrons. The van der Waals surface area contributed by atoms with Crippen molar-refractivity contribution in [3.8, 4) is 0 Å². The summed E-state index contributed by atoms with van der Waals surface area (Å²) in [5.41, 5.74) is 1.62. The largest absolute Gasteiger partial charge is 0.379 e. The molecule has 0 aliphatic carbocycles. The maximum absolute atomic E-state index is 12.2. The molecule has 0 bridgehead atoms. The number of nitrogens with one attached hydrogen (secondary N) is 3. The van der Waals surface area contributed by atoms with Gasteiger partial charge < -0.3 is 20.7 Å². The lowest BCUT2D eigenvalue weighted by Crippen LogP contribution is -2.40. The van der Waals surface area contributed by atoms with Crippen molar-refractivity contribution in [3.05, 3.63) is 28.8 Å². The lowest BCUT2D eigenvalue weighted by Gasteiger charge is -2.25. The van der Waals surface area contributed by atoms with Crippen molar-refractivity contribution >= 4 is 29.2 Å². The number of benzene rings is 1. The van der Waals surface area contributed by atoms with E-state index in [0.717, 1.165) is 56.6 Å². The fourth-order valence-electron chi connectivity index (χ4n) is 2.72. The van der Waals surface area contributed by atoms with E-state index in [1.165, 1.54) is 0 Å². The molecule has 150 valence electrons. The van der Waals surface area contributed by atoms with Crippen LogP contribution in [0.5, 0.6) is 0 Å². The Hall–Kier alpha value is -1.83. The predicted molar refractivity (Wildman–Crippen MR) is 111 cm³/mol. The number of halogens is 1. The van der Waals surface area contributed by atoms with E-state index in [-0.39, 0.29) is 5.91 Å². The zero-order valence-electron chi connectivity index (χ0n) is 16.2. The monoisotopic (exact) mass is 395 g/mol. The van der Waals surface area contributed by atoms with Gasteiger partial charge in [-0.15, -0.1) is 0 Å². The summed E-state index contributed by atoms with van der Waals surface area (Å²) in [6.07, 6.45) is 0.347. The van der Waals surface area contributed by atoms with Gasteiger partial charge >= 0.3 is 0 Å². The van der Waals surface area contributed by atoms with Crippen LogP contribution in [0.1, 0.15) is 18.9 Å². The van der Waals surface area contributed by atoms with E-state index < -0.39 is 0 Å². The average molecular weight is 396 g/mol. The number of anilines is 1. The predicted octanol–water partition coefficient (Wildman–Crippen LogP) is 1.86. The number of carbonyl (C=O) groups is 1. The van der Waals surface area contributed by atoms with Crippen molar-refractivity contribution in [2.75, 3.05) is 57.8 Å². The van der Waals surface area contributed by atoms with Crippen LogP contribution in [0, 0.1) is 6.92 Å². The first-order chi connectivity index (χ1) is 13.1. The number of hydrogen-bond acceptors (Lipinski definition) is 4. The number of aliphatic imine (C=N–C) groups is 1. The second kappa shape index (κ2) is 11.8. The molecule has 0 unspecified atom stereocenters. The highest BCUT2D eigenvalue weighted by Gasteiger charge is 2.10. The van der Waals surface area contributed by atoms with Gasteiger partial charge in [-0.25, -0.2) is 0 Å². The number of morpholine rings is 1. The van der Waals surface area contributed by atoms with Crippen LogP contribution in [0.2, 0.25) is 5.02 Å². The molecule has 0 atom stereocenters. The first-order valence-corrected chi connectivity index (χ1v) is 9.85. The van der Waals surface area contributed by atoms with Gasteiger partial charge in [0, 0.05) is 49.9 Å². The molecule has 1 fully saturated rings. The van der Waals surface area contributed by atoms with Gasteiger partial charge in [0.05, 0.1) is 19.8 Å². The third-order valence-corrected chi connectivity index (χ3v) is 4.73. The van der Waals surface area contributed by atoms with Crippen molar-refractivity contribution in [1.29, 1.82) is 0 Å². The molecule has 1 aliphatic heterocycles. The maximum Gasteiger partial charge on any atom is 0.226 e. The first-order valence-electron chi connectivity index (χ1n) is 9.47. The molecule has 0 saturated carbocycles. The number of hydrogen-bond donors (Lipinski definition) is 3. The second-order valence-electron chi connectivity index (χ2n) is 6.35. The van der Waals surface area contributed by atoms with E-state index in [9.17, 15) is 4.79 Å². The number of ether oxygens (including phenoxy) is 1. The van der Waals surface area contributed by atoms with Crippen molar-refractivity contribution in [2.45, 2.75) is 20.3 Å². The second-order valence-corrected chi connectivity index (χ2v) is 6.76. The van der Waals surface area contributed by atoms with Crippen LogP contribution in [0.4, 0.5) is 5.69 Å². The van der Waals surface area contributed by atoms with Crippen LogP contribution >= 0.6 is 11.6 Å². The number of amides is 1. The average Bonchev–Trinajstić information content (AvgIpc) is 2.66. The lowest BCUT2D eigenvalue weighted by atomic mass is 10.2. The summed E-state index contributed by atoms with van der Waals surface area (Å²) in [7, 11) is 0. The molecule has 0 aromatic heterocycles. The Morgan fingerprint density at radius 3 is 2.81 bits per heavy atom. The fourth-order valence-corrected chi connectivity index (χ4v) is 2.89. The molecule has 3 N–H and O–H groups in total. The van der Waals surface area contributed by atoms with Crippen LogP contribution < -0.4 is 16.0 Å². The summed E-state index contributed by atoms with van der Waals surface area (Å²) in [5.74, 6) is 0.675. The van der Waals surface area contributed by atoms with E-state index >= 15 is 0 Å². The van der Waals surface area contributed by atoms with Crippen molar-refractivity contribution in [3.63, 3.8) is 0 Å². The van der Waals surface area contributed by atoms with Gasteiger partial charge in [-0.05, 0) is 31.5 Å². The fraction of sp³-hybridized carbons (Fsp3) is 0.579. The number of nitrogens with zero attached hydrogens (tertiary/aromatic N) is 2. The van der Waals surface area contributed by atoms with Gasteiger partial charge in [0.2, 0.25) is 5.91 Å². The summed E-state index contributed by atoms with van der Waals surface area (Å²) in [6, 6.07) is 5.49. The Bertz CT molecular complexity index is 633. The van der Waals surface area contributed by atoms with Gasteiger partial charge in [-0.3, -0.25) is 14.7 Å². The smallest absolute Gasteiger partial charge is 0.226 e. The van der Waals surface area contributed by atoms with Gasteiger partial charge in [0.25, 0.3) is 0 Å². The summed E-state index contributed by atoms with van der Waals surface area (Å²) in [4.78, 5) is 19.1. The zero-order valence-corrected chi connectivity index (χ0v) is 16.9. The van der Waals surface area contributed by atoms with Gasteiger partial charge in [-0.1, -0.05) is 17.7 Å². The molecule has 1 aromatic rings. The van der Waals surface area contributed by atoms with Gasteiger partial charge in [0.1, 0.15) is 0 Å². The Morgan fingerprint density at radius 2 is 2.07 bits per heavy atom. The number of rotatable bonds is 8.